The third-order valence-electron chi connectivity index (χ3n) is 2.88. The summed E-state index contributed by atoms with van der Waals surface area (Å²) in [6.45, 7) is 7.97. The maximum absolute atomic E-state index is 5.21. The van der Waals surface area contributed by atoms with Crippen molar-refractivity contribution in [3.63, 3.8) is 0 Å². The van der Waals surface area contributed by atoms with Gasteiger partial charge in [0.15, 0.2) is 0 Å². The van der Waals surface area contributed by atoms with E-state index >= 15 is 0 Å². The number of nitrogens with zero attached hydrogens (tertiary/aromatic N) is 2. The van der Waals surface area contributed by atoms with Crippen LogP contribution in [0.4, 0.5) is 0 Å². The van der Waals surface area contributed by atoms with E-state index in [0.717, 1.165) is 32.0 Å². The first kappa shape index (κ1) is 10.6. The number of aryl methyl sites for hydroxylation is 2. The van der Waals surface area contributed by atoms with E-state index in [1.54, 1.807) is 0 Å². The molecule has 1 saturated heterocycles. The number of ether oxygens (including phenoxy) is 1. The first-order valence-electron chi connectivity index (χ1n) is 5.37. The summed E-state index contributed by atoms with van der Waals surface area (Å²) in [4.78, 5) is 0. The largest absolute Gasteiger partial charge is 0.380 e. The summed E-state index contributed by atoms with van der Waals surface area (Å²) >= 11 is 0. The zero-order valence-corrected chi connectivity index (χ0v) is 9.71. The van der Waals surface area contributed by atoms with Crippen LogP contribution < -0.4 is 5.32 Å². The van der Waals surface area contributed by atoms with E-state index in [1.165, 1.54) is 5.56 Å². The Hall–Kier alpha value is -0.870. The zero-order chi connectivity index (χ0) is 10.9. The third kappa shape index (κ3) is 2.38. The quantitative estimate of drug-likeness (QED) is 0.799. The molecule has 15 heavy (non-hydrogen) atoms. The zero-order valence-electron chi connectivity index (χ0n) is 9.71. The Kier molecular flexibility index (Phi) is 2.80. The molecule has 84 valence electrons. The molecule has 0 atom stereocenters. The van der Waals surface area contributed by atoms with Gasteiger partial charge in [-0.1, -0.05) is 6.92 Å². The maximum Gasteiger partial charge on any atom is 0.0638 e. The Labute approximate surface area is 90.6 Å². The fourth-order valence-corrected chi connectivity index (χ4v) is 1.87. The van der Waals surface area contributed by atoms with E-state index in [4.69, 9.17) is 4.74 Å². The van der Waals surface area contributed by atoms with Crippen LogP contribution in [0.25, 0.3) is 0 Å². The predicted octanol–water partition coefficient (Wildman–Crippen LogP) is 0.855. The van der Waals surface area contributed by atoms with Crippen LogP contribution in [0.15, 0.2) is 6.20 Å². The summed E-state index contributed by atoms with van der Waals surface area (Å²) in [5.74, 6) is 0. The molecule has 0 spiro atoms. The molecule has 1 N–H and O–H groups in total. The van der Waals surface area contributed by atoms with Gasteiger partial charge in [0.25, 0.3) is 0 Å². The number of hydrogen-bond acceptors (Lipinski definition) is 3. The number of rotatable bonds is 4. The number of hydrogen-bond donors (Lipinski definition) is 1. The molecule has 1 aromatic rings. The van der Waals surface area contributed by atoms with Crippen LogP contribution in [-0.2, 0) is 18.3 Å². The molecule has 0 amide bonds. The van der Waals surface area contributed by atoms with Gasteiger partial charge >= 0.3 is 0 Å². The molecule has 1 aromatic heterocycles. The fourth-order valence-electron chi connectivity index (χ4n) is 1.87. The maximum atomic E-state index is 5.21. The van der Waals surface area contributed by atoms with Gasteiger partial charge in [0, 0.05) is 37.3 Å². The van der Waals surface area contributed by atoms with E-state index in [-0.39, 0.29) is 0 Å². The van der Waals surface area contributed by atoms with Gasteiger partial charge in [0.1, 0.15) is 0 Å². The molecule has 0 aromatic carbocycles. The van der Waals surface area contributed by atoms with Gasteiger partial charge in [-0.3, -0.25) is 4.68 Å². The van der Waals surface area contributed by atoms with Crippen LogP contribution >= 0.6 is 0 Å². The van der Waals surface area contributed by atoms with E-state index in [2.05, 4.69) is 23.5 Å². The molecule has 4 nitrogen and oxygen atoms in total. The molecule has 0 radical (unpaired) electrons. The molecule has 0 saturated carbocycles. The Morgan fingerprint density at radius 1 is 1.60 bits per heavy atom. The minimum atomic E-state index is 0.343. The van der Waals surface area contributed by atoms with Crippen molar-refractivity contribution in [1.82, 2.24) is 15.1 Å². The Balaban J connectivity index is 1.80. The summed E-state index contributed by atoms with van der Waals surface area (Å²) in [6, 6.07) is 0. The van der Waals surface area contributed by atoms with E-state index < -0.39 is 0 Å². The molecular formula is C11H19N3O. The monoisotopic (exact) mass is 209 g/mol. The van der Waals surface area contributed by atoms with Crippen molar-refractivity contribution >= 4 is 0 Å². The smallest absolute Gasteiger partial charge is 0.0638 e. The third-order valence-corrected chi connectivity index (χ3v) is 2.88. The molecule has 1 aliphatic heterocycles. The van der Waals surface area contributed by atoms with Crippen molar-refractivity contribution in [1.29, 1.82) is 0 Å². The Bertz CT molecular complexity index is 342. The lowest BCUT2D eigenvalue weighted by Crippen LogP contribution is -2.47. The standard InChI is InChI=1S/C11H19N3O/c1-9-10(5-14(3)13-9)4-12-6-11(2)7-15-8-11/h5,12H,4,6-8H2,1-3H3. The molecule has 1 fully saturated rings. The number of aromatic nitrogens is 2. The molecule has 2 rings (SSSR count). The molecular weight excluding hydrogens is 190 g/mol. The van der Waals surface area contributed by atoms with Gasteiger partial charge in [0.05, 0.1) is 18.9 Å². The van der Waals surface area contributed by atoms with Gasteiger partial charge in [-0.15, -0.1) is 0 Å². The second-order valence-electron chi connectivity index (χ2n) is 4.82. The van der Waals surface area contributed by atoms with Gasteiger partial charge < -0.3 is 10.1 Å². The van der Waals surface area contributed by atoms with Crippen molar-refractivity contribution in [3.05, 3.63) is 17.5 Å². The average Bonchev–Trinajstić information content (AvgIpc) is 2.42. The highest BCUT2D eigenvalue weighted by Crippen LogP contribution is 2.25. The van der Waals surface area contributed by atoms with Crippen LogP contribution in [-0.4, -0.2) is 29.5 Å². The SMILES string of the molecule is Cc1nn(C)cc1CNCC1(C)COC1. The van der Waals surface area contributed by atoms with Crippen LogP contribution in [0.5, 0.6) is 0 Å². The fraction of sp³-hybridized carbons (Fsp3) is 0.727. The molecule has 2 heterocycles. The van der Waals surface area contributed by atoms with Crippen LogP contribution in [0.2, 0.25) is 0 Å². The molecule has 4 heteroatoms. The van der Waals surface area contributed by atoms with Gasteiger partial charge in [-0.2, -0.15) is 5.10 Å². The number of nitrogens with one attached hydrogen (secondary N) is 1. The molecule has 0 bridgehead atoms. The lowest BCUT2D eigenvalue weighted by Gasteiger charge is -2.38. The van der Waals surface area contributed by atoms with Crippen molar-refractivity contribution in [3.8, 4) is 0 Å². The first-order chi connectivity index (χ1) is 7.09. The second kappa shape index (κ2) is 3.94. The normalized spacial score (nSPS) is 18.9. The van der Waals surface area contributed by atoms with Gasteiger partial charge in [0.2, 0.25) is 0 Å². The van der Waals surface area contributed by atoms with Crippen LogP contribution in [0, 0.1) is 12.3 Å². The molecule has 0 unspecified atom stereocenters. The minimum absolute atomic E-state index is 0.343. The summed E-state index contributed by atoms with van der Waals surface area (Å²) in [5, 5.41) is 7.78. The van der Waals surface area contributed by atoms with Crippen LogP contribution in [0.3, 0.4) is 0 Å². The topological polar surface area (TPSA) is 39.1 Å². The lowest BCUT2D eigenvalue weighted by molar-refractivity contribution is -0.0991. The Morgan fingerprint density at radius 3 is 2.80 bits per heavy atom. The predicted molar refractivity (Wildman–Crippen MR) is 58.6 cm³/mol. The van der Waals surface area contributed by atoms with Gasteiger partial charge in [-0.05, 0) is 6.92 Å². The highest BCUT2D eigenvalue weighted by Gasteiger charge is 2.32. The summed E-state index contributed by atoms with van der Waals surface area (Å²) in [6.07, 6.45) is 2.07. The highest BCUT2D eigenvalue weighted by molar-refractivity contribution is 5.14. The molecule has 1 aliphatic rings. The first-order valence-corrected chi connectivity index (χ1v) is 5.37. The van der Waals surface area contributed by atoms with E-state index in [0.29, 0.717) is 5.41 Å². The van der Waals surface area contributed by atoms with Gasteiger partial charge in [-0.25, -0.2) is 0 Å². The highest BCUT2D eigenvalue weighted by atomic mass is 16.5. The average molecular weight is 209 g/mol. The summed E-state index contributed by atoms with van der Waals surface area (Å²) in [7, 11) is 1.96. The lowest BCUT2D eigenvalue weighted by atomic mass is 9.89. The summed E-state index contributed by atoms with van der Waals surface area (Å²) < 4.78 is 7.07. The van der Waals surface area contributed by atoms with Crippen molar-refractivity contribution in [2.45, 2.75) is 20.4 Å². The molecule has 0 aliphatic carbocycles. The Morgan fingerprint density at radius 2 is 2.33 bits per heavy atom. The van der Waals surface area contributed by atoms with Crippen molar-refractivity contribution < 1.29 is 4.74 Å². The van der Waals surface area contributed by atoms with Crippen LogP contribution in [0.1, 0.15) is 18.2 Å². The van der Waals surface area contributed by atoms with E-state index in [9.17, 15) is 0 Å². The van der Waals surface area contributed by atoms with Crippen molar-refractivity contribution in [2.24, 2.45) is 12.5 Å². The summed E-state index contributed by atoms with van der Waals surface area (Å²) in [5.41, 5.74) is 2.73. The van der Waals surface area contributed by atoms with Crippen molar-refractivity contribution in [2.75, 3.05) is 19.8 Å². The minimum Gasteiger partial charge on any atom is -0.380 e. The van der Waals surface area contributed by atoms with E-state index in [1.807, 2.05) is 18.7 Å². The second-order valence-corrected chi connectivity index (χ2v) is 4.82.